The van der Waals surface area contributed by atoms with Gasteiger partial charge in [-0.25, -0.2) is 10.1 Å². The van der Waals surface area contributed by atoms with Crippen molar-refractivity contribution in [2.45, 2.75) is 0 Å². The molecule has 166 valence electrons. The number of carbonyl (C=O) groups is 1. The zero-order valence-electron chi connectivity index (χ0n) is 18.0. The zero-order valence-corrected chi connectivity index (χ0v) is 19.6. The van der Waals surface area contributed by atoms with Gasteiger partial charge in [0.25, 0.3) is 5.91 Å². The first-order chi connectivity index (χ1) is 16.1. The third-order valence-corrected chi connectivity index (χ3v) is 5.43. The van der Waals surface area contributed by atoms with Crippen LogP contribution in [0.15, 0.2) is 88.6 Å². The van der Waals surface area contributed by atoms with Crippen LogP contribution in [-0.2, 0) is 0 Å². The van der Waals surface area contributed by atoms with Crippen LogP contribution in [0.2, 0.25) is 0 Å². The second kappa shape index (κ2) is 10.1. The topological polar surface area (TPSA) is 77.7 Å². The fourth-order valence-electron chi connectivity index (χ4n) is 3.23. The van der Waals surface area contributed by atoms with Gasteiger partial charge < -0.3 is 9.47 Å². The number of hydrazone groups is 1. The Labute approximate surface area is 199 Å². The molecule has 0 bridgehead atoms. The third-order valence-electron chi connectivity index (χ3n) is 4.90. The summed E-state index contributed by atoms with van der Waals surface area (Å²) < 4.78 is 13.5. The lowest BCUT2D eigenvalue weighted by atomic mass is 10.1. The first-order valence-corrected chi connectivity index (χ1v) is 10.8. The number of ether oxygens (including phenoxy) is 2. The standard InChI is InChI=1S/C25H21BrN4O3/c1-32-22-13-10-18(14-23(22)33-2)24-19(16-30(29-24)21-6-4-3-5-7-21)15-27-28-25(31)17-8-11-20(26)12-9-17/h3-16H,1-2H3,(H,28,31)/b27-15+. The van der Waals surface area contributed by atoms with Crippen LogP contribution in [-0.4, -0.2) is 36.1 Å². The minimum absolute atomic E-state index is 0.304. The van der Waals surface area contributed by atoms with Gasteiger partial charge in [0.15, 0.2) is 11.5 Å². The summed E-state index contributed by atoms with van der Waals surface area (Å²) in [6, 6.07) is 22.4. The van der Waals surface area contributed by atoms with Crippen LogP contribution in [0.1, 0.15) is 15.9 Å². The predicted molar refractivity (Wildman–Crippen MR) is 131 cm³/mol. The first-order valence-electron chi connectivity index (χ1n) is 10.1. The predicted octanol–water partition coefficient (Wildman–Crippen LogP) is 5.08. The highest BCUT2D eigenvalue weighted by Gasteiger charge is 2.14. The van der Waals surface area contributed by atoms with E-state index in [9.17, 15) is 4.79 Å². The molecule has 4 aromatic rings. The van der Waals surface area contributed by atoms with E-state index in [1.807, 2.05) is 54.7 Å². The molecule has 0 radical (unpaired) electrons. The van der Waals surface area contributed by atoms with Crippen molar-refractivity contribution in [3.63, 3.8) is 0 Å². The van der Waals surface area contributed by atoms with Crippen LogP contribution in [0.5, 0.6) is 11.5 Å². The molecule has 0 atom stereocenters. The summed E-state index contributed by atoms with van der Waals surface area (Å²) in [4.78, 5) is 12.4. The number of benzene rings is 3. The summed E-state index contributed by atoms with van der Waals surface area (Å²) in [5.74, 6) is 0.915. The number of methoxy groups -OCH3 is 2. The van der Waals surface area contributed by atoms with E-state index in [0.717, 1.165) is 21.3 Å². The quantitative estimate of drug-likeness (QED) is 0.281. The minimum atomic E-state index is -0.304. The number of para-hydroxylation sites is 1. The molecule has 1 heterocycles. The molecule has 0 fully saturated rings. The number of carbonyl (C=O) groups excluding carboxylic acids is 1. The van der Waals surface area contributed by atoms with E-state index < -0.39 is 0 Å². The van der Waals surface area contributed by atoms with Crippen molar-refractivity contribution < 1.29 is 14.3 Å². The van der Waals surface area contributed by atoms with Crippen LogP contribution in [0, 0.1) is 0 Å². The monoisotopic (exact) mass is 504 g/mol. The van der Waals surface area contributed by atoms with Crippen molar-refractivity contribution in [3.05, 3.63) is 94.6 Å². The number of nitrogens with one attached hydrogen (secondary N) is 1. The van der Waals surface area contributed by atoms with Gasteiger partial charge in [-0.1, -0.05) is 34.1 Å². The van der Waals surface area contributed by atoms with Gasteiger partial charge >= 0.3 is 0 Å². The minimum Gasteiger partial charge on any atom is -0.493 e. The van der Waals surface area contributed by atoms with Crippen molar-refractivity contribution in [1.29, 1.82) is 0 Å². The highest BCUT2D eigenvalue weighted by molar-refractivity contribution is 9.10. The molecule has 0 unspecified atom stereocenters. The molecular formula is C25H21BrN4O3. The Balaban J connectivity index is 1.67. The molecule has 1 aromatic heterocycles. The largest absolute Gasteiger partial charge is 0.493 e. The van der Waals surface area contributed by atoms with Crippen molar-refractivity contribution in [2.75, 3.05) is 14.2 Å². The SMILES string of the molecule is COc1ccc(-c2nn(-c3ccccc3)cc2/C=N/NC(=O)c2ccc(Br)cc2)cc1OC. The first kappa shape index (κ1) is 22.3. The summed E-state index contributed by atoms with van der Waals surface area (Å²) >= 11 is 3.36. The van der Waals surface area contributed by atoms with Crippen LogP contribution in [0.3, 0.4) is 0 Å². The van der Waals surface area contributed by atoms with Crippen LogP contribution in [0.4, 0.5) is 0 Å². The van der Waals surface area contributed by atoms with Gasteiger partial charge in [0, 0.05) is 27.4 Å². The van der Waals surface area contributed by atoms with E-state index in [-0.39, 0.29) is 5.91 Å². The molecule has 7 nitrogen and oxygen atoms in total. The number of nitrogens with zero attached hydrogens (tertiary/aromatic N) is 3. The summed E-state index contributed by atoms with van der Waals surface area (Å²) in [6.45, 7) is 0. The Hall–Kier alpha value is -3.91. The third kappa shape index (κ3) is 5.12. The number of rotatable bonds is 7. The van der Waals surface area contributed by atoms with Gasteiger partial charge in [0.2, 0.25) is 0 Å². The fraction of sp³-hybridized carbons (Fsp3) is 0.0800. The van der Waals surface area contributed by atoms with E-state index >= 15 is 0 Å². The summed E-state index contributed by atoms with van der Waals surface area (Å²) in [6.07, 6.45) is 3.44. The molecule has 0 spiro atoms. The zero-order chi connectivity index (χ0) is 23.2. The lowest BCUT2D eigenvalue weighted by Gasteiger charge is -2.09. The number of aromatic nitrogens is 2. The molecule has 3 aromatic carbocycles. The molecule has 33 heavy (non-hydrogen) atoms. The Morgan fingerprint density at radius 2 is 1.73 bits per heavy atom. The smallest absolute Gasteiger partial charge is 0.271 e. The van der Waals surface area contributed by atoms with Gasteiger partial charge in [-0.2, -0.15) is 10.2 Å². The lowest BCUT2D eigenvalue weighted by Crippen LogP contribution is -2.17. The normalized spacial score (nSPS) is 10.9. The molecule has 1 amide bonds. The van der Waals surface area contributed by atoms with Gasteiger partial charge in [0.05, 0.1) is 26.1 Å². The second-order valence-electron chi connectivity index (χ2n) is 6.99. The Kier molecular flexibility index (Phi) is 6.85. The van der Waals surface area contributed by atoms with Crippen LogP contribution < -0.4 is 14.9 Å². The second-order valence-corrected chi connectivity index (χ2v) is 7.90. The average Bonchev–Trinajstić information content (AvgIpc) is 3.28. The van der Waals surface area contributed by atoms with E-state index in [1.165, 1.54) is 0 Å². The van der Waals surface area contributed by atoms with Crippen molar-refractivity contribution in [3.8, 4) is 28.4 Å². The maximum absolute atomic E-state index is 12.4. The maximum Gasteiger partial charge on any atom is 0.271 e. The van der Waals surface area contributed by atoms with E-state index in [4.69, 9.17) is 14.6 Å². The van der Waals surface area contributed by atoms with Gasteiger partial charge in [0.1, 0.15) is 5.69 Å². The maximum atomic E-state index is 12.4. The highest BCUT2D eigenvalue weighted by atomic mass is 79.9. The molecule has 8 heteroatoms. The van der Waals surface area contributed by atoms with Crippen molar-refractivity contribution >= 4 is 28.1 Å². The molecule has 0 saturated carbocycles. The van der Waals surface area contributed by atoms with Gasteiger partial charge in [-0.15, -0.1) is 0 Å². The number of amides is 1. The molecule has 0 aliphatic rings. The number of hydrogen-bond donors (Lipinski definition) is 1. The van der Waals surface area contributed by atoms with E-state index in [1.54, 1.807) is 49.4 Å². The average molecular weight is 505 g/mol. The molecule has 0 aliphatic heterocycles. The summed E-state index contributed by atoms with van der Waals surface area (Å²) in [7, 11) is 3.18. The Morgan fingerprint density at radius 1 is 1.00 bits per heavy atom. The van der Waals surface area contributed by atoms with E-state index in [2.05, 4.69) is 26.5 Å². The van der Waals surface area contributed by atoms with Crippen LogP contribution >= 0.6 is 15.9 Å². The van der Waals surface area contributed by atoms with Crippen LogP contribution in [0.25, 0.3) is 16.9 Å². The summed E-state index contributed by atoms with van der Waals surface area (Å²) in [5.41, 5.74) is 6.21. The molecule has 4 rings (SSSR count). The van der Waals surface area contributed by atoms with Gasteiger partial charge in [-0.3, -0.25) is 4.79 Å². The Bertz CT molecular complexity index is 1290. The summed E-state index contributed by atoms with van der Waals surface area (Å²) in [5, 5.41) is 8.92. The molecule has 1 N–H and O–H groups in total. The number of hydrogen-bond acceptors (Lipinski definition) is 5. The van der Waals surface area contributed by atoms with Crippen molar-refractivity contribution in [2.24, 2.45) is 5.10 Å². The van der Waals surface area contributed by atoms with E-state index in [0.29, 0.717) is 22.8 Å². The molecule has 0 aliphatic carbocycles. The molecule has 0 saturated heterocycles. The van der Waals surface area contributed by atoms with Gasteiger partial charge in [-0.05, 0) is 54.6 Å². The fourth-order valence-corrected chi connectivity index (χ4v) is 3.49. The lowest BCUT2D eigenvalue weighted by molar-refractivity contribution is 0.0955. The highest BCUT2D eigenvalue weighted by Crippen LogP contribution is 2.33. The number of halogens is 1. The Morgan fingerprint density at radius 3 is 2.42 bits per heavy atom. The molecular weight excluding hydrogens is 484 g/mol. The van der Waals surface area contributed by atoms with Crippen molar-refractivity contribution in [1.82, 2.24) is 15.2 Å².